The molecule has 5 heteroatoms. The summed E-state index contributed by atoms with van der Waals surface area (Å²) in [6.07, 6.45) is 28.4. The molecule has 0 amide bonds. The van der Waals surface area contributed by atoms with Gasteiger partial charge in [0.25, 0.3) is 0 Å². The summed E-state index contributed by atoms with van der Waals surface area (Å²) >= 11 is 18.0. The molecular weight excluding hydrogens is 1000 g/mol. The molecule has 0 heterocycles. The quantitative estimate of drug-likeness (QED) is 0.0538. The summed E-state index contributed by atoms with van der Waals surface area (Å²) in [5.74, 6) is 0. The zero-order chi connectivity index (χ0) is 39.5. The summed E-state index contributed by atoms with van der Waals surface area (Å²) in [7, 11) is 0. The Labute approximate surface area is 377 Å². The number of alkyl halides is 1. The maximum absolute atomic E-state index is 3.79. The Morgan fingerprint density at radius 1 is 0.400 bits per heavy atom. The van der Waals surface area contributed by atoms with Crippen LogP contribution in [0, 0.1) is 0 Å². The van der Waals surface area contributed by atoms with Gasteiger partial charge < -0.3 is 0 Å². The molecule has 0 saturated carbocycles. The second-order valence-electron chi connectivity index (χ2n) is 15.7. The minimum atomic E-state index is 0.174. The maximum atomic E-state index is 3.79. The Hall–Kier alpha value is -0.720. The van der Waals surface area contributed by atoms with Gasteiger partial charge in [-0.05, 0) is 119 Å². The summed E-state index contributed by atoms with van der Waals surface area (Å²) in [6.45, 7) is 6.86. The molecule has 0 nitrogen and oxygen atoms in total. The molecule has 0 fully saturated rings. The molecule has 6 rings (SSSR count). The topological polar surface area (TPSA) is 0 Å². The van der Waals surface area contributed by atoms with Crippen molar-refractivity contribution in [3.63, 3.8) is 0 Å². The van der Waals surface area contributed by atoms with Crippen LogP contribution in [0.3, 0.4) is 0 Å². The molecule has 4 aromatic carbocycles. The van der Waals surface area contributed by atoms with E-state index >= 15 is 0 Å². The van der Waals surface area contributed by atoms with Crippen LogP contribution >= 0.6 is 79.6 Å². The molecule has 2 aliphatic carbocycles. The Morgan fingerprint density at radius 2 is 0.727 bits per heavy atom. The molecule has 300 valence electrons. The predicted octanol–water partition coefficient (Wildman–Crippen LogP) is 19.5. The molecule has 0 bridgehead atoms. The van der Waals surface area contributed by atoms with Gasteiger partial charge in [0.15, 0.2) is 0 Å². The number of halogens is 5. The smallest absolute Gasteiger partial charge is 0.0216 e. The van der Waals surface area contributed by atoms with E-state index < -0.39 is 0 Å². The van der Waals surface area contributed by atoms with Crippen LogP contribution in [-0.2, 0) is 11.8 Å². The van der Waals surface area contributed by atoms with Crippen LogP contribution in [0.5, 0.6) is 0 Å². The largest absolute Gasteiger partial charge is 0.0928 e. The first-order valence-corrected chi connectivity index (χ1v) is 25.8. The fourth-order valence-electron chi connectivity index (χ4n) is 8.54. The van der Waals surface area contributed by atoms with E-state index in [1.165, 1.54) is 176 Å². The van der Waals surface area contributed by atoms with Crippen LogP contribution in [-0.4, -0.2) is 5.33 Å². The zero-order valence-corrected chi connectivity index (χ0v) is 41.8. The van der Waals surface area contributed by atoms with Crippen LogP contribution in [0.1, 0.15) is 171 Å². The number of rotatable bonds is 20. The third-order valence-corrected chi connectivity index (χ3v) is 14.0. The molecule has 0 aromatic heterocycles. The van der Waals surface area contributed by atoms with Gasteiger partial charge in [0, 0.05) is 28.6 Å². The number of fused-ring (bicyclic) bond motifs is 6. The van der Waals surface area contributed by atoms with Crippen LogP contribution in [0.4, 0.5) is 0 Å². The molecule has 0 unspecified atom stereocenters. The lowest BCUT2D eigenvalue weighted by molar-refractivity contribution is 0.397. The average Bonchev–Trinajstić information content (AvgIpc) is 3.66. The van der Waals surface area contributed by atoms with E-state index in [4.69, 9.17) is 0 Å². The molecular formula is C50H65Br5. The van der Waals surface area contributed by atoms with Crippen molar-refractivity contribution in [2.45, 2.75) is 161 Å². The number of unbranched alkanes of at least 4 members (excludes halogenated alkanes) is 15. The number of hydrogen-bond donors (Lipinski definition) is 0. The molecule has 0 N–H and O–H groups in total. The SMILES string of the molecule is Brc1ccc2c(c1)Cc1cc(Br)ccc1-2.CCCCCCCCBr.CCCCCCCCC1(CCCCCCCC)c2cc(Br)ccc2-c2ccc(Br)cc21. The molecule has 0 radical (unpaired) electrons. The molecule has 0 saturated heterocycles. The van der Waals surface area contributed by atoms with Crippen molar-refractivity contribution in [2.75, 3.05) is 5.33 Å². The first kappa shape index (κ1) is 47.0. The van der Waals surface area contributed by atoms with Crippen molar-refractivity contribution in [2.24, 2.45) is 0 Å². The van der Waals surface area contributed by atoms with E-state index in [2.05, 4.69) is 173 Å². The number of hydrogen-bond acceptors (Lipinski definition) is 0. The van der Waals surface area contributed by atoms with Crippen molar-refractivity contribution in [1.82, 2.24) is 0 Å². The van der Waals surface area contributed by atoms with Gasteiger partial charge in [-0.3, -0.25) is 0 Å². The van der Waals surface area contributed by atoms with Gasteiger partial charge in [0.1, 0.15) is 0 Å². The van der Waals surface area contributed by atoms with Gasteiger partial charge in [0.2, 0.25) is 0 Å². The van der Waals surface area contributed by atoms with Crippen LogP contribution in [0.15, 0.2) is 90.7 Å². The van der Waals surface area contributed by atoms with Crippen LogP contribution < -0.4 is 0 Å². The Balaban J connectivity index is 0.000000229. The molecule has 0 spiro atoms. The lowest BCUT2D eigenvalue weighted by Crippen LogP contribution is -2.25. The highest BCUT2D eigenvalue weighted by atomic mass is 79.9. The summed E-state index contributed by atoms with van der Waals surface area (Å²) in [5.41, 5.74) is 11.8. The molecule has 0 aliphatic heterocycles. The van der Waals surface area contributed by atoms with E-state index in [1.807, 2.05) is 0 Å². The van der Waals surface area contributed by atoms with E-state index in [9.17, 15) is 0 Å². The minimum absolute atomic E-state index is 0.174. The monoisotopic (exact) mass is 1060 g/mol. The molecule has 4 aromatic rings. The van der Waals surface area contributed by atoms with E-state index in [0.717, 1.165) is 15.4 Å². The Morgan fingerprint density at radius 3 is 1.11 bits per heavy atom. The summed E-state index contributed by atoms with van der Waals surface area (Å²) in [5, 5.41) is 1.18. The lowest BCUT2D eigenvalue weighted by atomic mass is 9.70. The van der Waals surface area contributed by atoms with Crippen molar-refractivity contribution in [1.29, 1.82) is 0 Å². The van der Waals surface area contributed by atoms with Gasteiger partial charge in [-0.1, -0.05) is 234 Å². The first-order chi connectivity index (χ1) is 26.8. The zero-order valence-electron chi connectivity index (χ0n) is 33.9. The third-order valence-electron chi connectivity index (χ3n) is 11.5. The standard InChI is InChI=1S/C29H40Br2.C13H8Br2.C8H17Br/c1-3-5-7-9-11-13-19-29(20-14-12-10-8-6-4-2)27-21-23(30)15-17-25(27)26-18-16-24(31)22-28(26)29;14-10-1-3-12-8(6-10)5-9-7-11(15)2-4-13(9)12;1-2-3-4-5-6-7-8-9/h15-18,21-22H,3-14,19-20H2,1-2H3;1-4,6-7H,5H2;2-8H2,1H3. The van der Waals surface area contributed by atoms with Gasteiger partial charge in [-0.15, -0.1) is 0 Å². The maximum Gasteiger partial charge on any atom is 0.0216 e. The summed E-state index contributed by atoms with van der Waals surface area (Å²) < 4.78 is 4.75. The van der Waals surface area contributed by atoms with Crippen molar-refractivity contribution < 1.29 is 0 Å². The van der Waals surface area contributed by atoms with Crippen LogP contribution in [0.2, 0.25) is 0 Å². The van der Waals surface area contributed by atoms with E-state index in [0.29, 0.717) is 0 Å². The van der Waals surface area contributed by atoms with E-state index in [1.54, 1.807) is 11.1 Å². The normalized spacial score (nSPS) is 12.9. The second kappa shape index (κ2) is 25.7. The van der Waals surface area contributed by atoms with Crippen LogP contribution in [0.25, 0.3) is 22.3 Å². The van der Waals surface area contributed by atoms with Crippen molar-refractivity contribution >= 4 is 79.6 Å². The van der Waals surface area contributed by atoms with Crippen molar-refractivity contribution in [3.05, 3.63) is 113 Å². The highest BCUT2D eigenvalue weighted by Crippen LogP contribution is 2.55. The third kappa shape index (κ3) is 14.2. The molecule has 0 atom stereocenters. The molecule has 55 heavy (non-hydrogen) atoms. The predicted molar refractivity (Wildman–Crippen MR) is 261 cm³/mol. The fourth-order valence-corrected chi connectivity index (χ4v) is 10.5. The van der Waals surface area contributed by atoms with Gasteiger partial charge in [0.05, 0.1) is 0 Å². The average molecular weight is 1070 g/mol. The summed E-state index contributed by atoms with van der Waals surface area (Å²) in [4.78, 5) is 0. The van der Waals surface area contributed by atoms with Crippen molar-refractivity contribution in [3.8, 4) is 22.3 Å². The Bertz CT molecular complexity index is 1600. The molecule has 2 aliphatic rings. The first-order valence-electron chi connectivity index (χ1n) is 21.5. The van der Waals surface area contributed by atoms with E-state index in [-0.39, 0.29) is 5.41 Å². The highest BCUT2D eigenvalue weighted by Gasteiger charge is 2.42. The second-order valence-corrected chi connectivity index (χ2v) is 20.2. The highest BCUT2D eigenvalue weighted by molar-refractivity contribution is 9.11. The fraction of sp³-hybridized carbons (Fsp3) is 0.520. The van der Waals surface area contributed by atoms with Gasteiger partial charge in [-0.25, -0.2) is 0 Å². The minimum Gasteiger partial charge on any atom is -0.0928 e. The summed E-state index contributed by atoms with van der Waals surface area (Å²) in [6, 6.07) is 27.0. The lowest BCUT2D eigenvalue weighted by Gasteiger charge is -2.33. The Kier molecular flexibility index (Phi) is 21.9. The number of benzene rings is 4. The van der Waals surface area contributed by atoms with Gasteiger partial charge >= 0.3 is 0 Å². The van der Waals surface area contributed by atoms with Gasteiger partial charge in [-0.2, -0.15) is 0 Å².